The van der Waals surface area contributed by atoms with Gasteiger partial charge in [0.25, 0.3) is 0 Å². The highest BCUT2D eigenvalue weighted by atomic mass is 35.5. The molecule has 0 aliphatic carbocycles. The van der Waals surface area contributed by atoms with Gasteiger partial charge in [-0.3, -0.25) is 4.79 Å². The van der Waals surface area contributed by atoms with Crippen molar-refractivity contribution in [2.75, 3.05) is 7.11 Å². The molecule has 0 fully saturated rings. The summed E-state index contributed by atoms with van der Waals surface area (Å²) in [7, 11) is 1.34. The zero-order valence-corrected chi connectivity index (χ0v) is 14.3. The van der Waals surface area contributed by atoms with Crippen LogP contribution in [0.3, 0.4) is 0 Å². The summed E-state index contributed by atoms with van der Waals surface area (Å²) in [4.78, 5) is 11.2. The van der Waals surface area contributed by atoms with Gasteiger partial charge in [-0.25, -0.2) is 4.39 Å². The molecule has 2 rings (SSSR count). The summed E-state index contributed by atoms with van der Waals surface area (Å²) < 4.78 is 23.1. The fraction of sp³-hybridized carbons (Fsp3) is 0.316. The first-order valence-electron chi connectivity index (χ1n) is 7.76. The molecule has 0 heterocycles. The highest BCUT2D eigenvalue weighted by Gasteiger charge is 2.14. The standard InChI is InChI=1S/C19H20ClFO3/c1-23-19(22)18(20)4-2-3-14-7-11-17(12-8-14)24-13-15-5-9-16(21)10-6-15/h5-12,18H,2-4,13H2,1H3. The molecule has 0 saturated carbocycles. The lowest BCUT2D eigenvalue weighted by Gasteiger charge is -2.09. The second-order valence-corrected chi connectivity index (χ2v) is 5.97. The number of ether oxygens (including phenoxy) is 2. The molecule has 0 N–H and O–H groups in total. The Labute approximate surface area is 146 Å². The summed E-state index contributed by atoms with van der Waals surface area (Å²) in [6.07, 6.45) is 2.22. The first-order chi connectivity index (χ1) is 11.6. The normalized spacial score (nSPS) is 11.8. The molecule has 0 aromatic heterocycles. The second kappa shape index (κ2) is 9.28. The van der Waals surface area contributed by atoms with Crippen LogP contribution in [0.5, 0.6) is 5.75 Å². The van der Waals surface area contributed by atoms with Crippen molar-refractivity contribution in [3.05, 3.63) is 65.5 Å². The minimum atomic E-state index is -0.590. The first-order valence-corrected chi connectivity index (χ1v) is 8.20. The maximum atomic E-state index is 12.8. The molecule has 0 radical (unpaired) electrons. The Morgan fingerprint density at radius 3 is 2.33 bits per heavy atom. The number of carbonyl (C=O) groups is 1. The van der Waals surface area contributed by atoms with Gasteiger partial charge >= 0.3 is 5.97 Å². The molecule has 2 aromatic rings. The molecule has 0 spiro atoms. The summed E-state index contributed by atoms with van der Waals surface area (Å²) in [5.41, 5.74) is 2.06. The summed E-state index contributed by atoms with van der Waals surface area (Å²) in [5, 5.41) is -0.590. The monoisotopic (exact) mass is 350 g/mol. The van der Waals surface area contributed by atoms with Crippen LogP contribution in [0.4, 0.5) is 4.39 Å². The van der Waals surface area contributed by atoms with Crippen molar-refractivity contribution in [1.82, 2.24) is 0 Å². The molecule has 5 heteroatoms. The van der Waals surface area contributed by atoms with Crippen molar-refractivity contribution in [3.63, 3.8) is 0 Å². The molecule has 0 saturated heterocycles. The predicted molar refractivity (Wildman–Crippen MR) is 91.8 cm³/mol. The van der Waals surface area contributed by atoms with Crippen LogP contribution in [-0.4, -0.2) is 18.5 Å². The average molecular weight is 351 g/mol. The summed E-state index contributed by atoms with van der Waals surface area (Å²) >= 11 is 5.91. The van der Waals surface area contributed by atoms with Crippen molar-refractivity contribution >= 4 is 17.6 Å². The number of esters is 1. The van der Waals surface area contributed by atoms with E-state index in [0.29, 0.717) is 13.0 Å². The fourth-order valence-corrected chi connectivity index (χ4v) is 2.47. The molecule has 1 atom stereocenters. The van der Waals surface area contributed by atoms with E-state index in [1.54, 1.807) is 12.1 Å². The van der Waals surface area contributed by atoms with Crippen molar-refractivity contribution in [1.29, 1.82) is 0 Å². The van der Waals surface area contributed by atoms with Crippen molar-refractivity contribution in [3.8, 4) is 5.75 Å². The molecule has 128 valence electrons. The van der Waals surface area contributed by atoms with Crippen LogP contribution in [0.15, 0.2) is 48.5 Å². The number of hydrogen-bond donors (Lipinski definition) is 0. The van der Waals surface area contributed by atoms with Gasteiger partial charge in [0.05, 0.1) is 7.11 Å². The van der Waals surface area contributed by atoms with Gasteiger partial charge in [-0.2, -0.15) is 0 Å². The molecular formula is C19H20ClFO3. The Bertz CT molecular complexity index is 641. The average Bonchev–Trinajstić information content (AvgIpc) is 2.61. The lowest BCUT2D eigenvalue weighted by atomic mass is 10.1. The number of hydrogen-bond acceptors (Lipinski definition) is 3. The molecule has 0 amide bonds. The van der Waals surface area contributed by atoms with Gasteiger partial charge in [0.15, 0.2) is 0 Å². The number of methoxy groups -OCH3 is 1. The van der Waals surface area contributed by atoms with Crippen molar-refractivity contribution < 1.29 is 18.7 Å². The van der Waals surface area contributed by atoms with E-state index in [1.165, 1.54) is 19.2 Å². The van der Waals surface area contributed by atoms with Crippen LogP contribution in [0.1, 0.15) is 24.0 Å². The van der Waals surface area contributed by atoms with Crippen LogP contribution in [-0.2, 0) is 22.6 Å². The highest BCUT2D eigenvalue weighted by Crippen LogP contribution is 2.17. The Hall–Kier alpha value is -2.07. The van der Waals surface area contributed by atoms with E-state index in [9.17, 15) is 9.18 Å². The van der Waals surface area contributed by atoms with Gasteiger partial charge < -0.3 is 9.47 Å². The van der Waals surface area contributed by atoms with Gasteiger partial charge in [-0.05, 0) is 54.7 Å². The van der Waals surface area contributed by atoms with Gasteiger partial charge in [0.2, 0.25) is 0 Å². The van der Waals surface area contributed by atoms with Crippen LogP contribution in [0.25, 0.3) is 0 Å². The molecule has 2 aromatic carbocycles. The molecule has 24 heavy (non-hydrogen) atoms. The fourth-order valence-electron chi connectivity index (χ4n) is 2.23. The Morgan fingerprint density at radius 1 is 1.08 bits per heavy atom. The van der Waals surface area contributed by atoms with Gasteiger partial charge in [-0.1, -0.05) is 24.3 Å². The SMILES string of the molecule is COC(=O)C(Cl)CCCc1ccc(OCc2ccc(F)cc2)cc1. The highest BCUT2D eigenvalue weighted by molar-refractivity contribution is 6.29. The zero-order valence-electron chi connectivity index (χ0n) is 13.5. The molecule has 0 aliphatic heterocycles. The van der Waals surface area contributed by atoms with Crippen molar-refractivity contribution in [2.45, 2.75) is 31.2 Å². The van der Waals surface area contributed by atoms with Gasteiger partial charge in [0, 0.05) is 0 Å². The third-order valence-electron chi connectivity index (χ3n) is 3.62. The quantitative estimate of drug-likeness (QED) is 0.519. The number of rotatable bonds is 8. The van der Waals surface area contributed by atoms with Crippen LogP contribution < -0.4 is 4.74 Å². The zero-order chi connectivity index (χ0) is 17.4. The predicted octanol–water partition coefficient (Wildman–Crippen LogP) is 4.51. The number of halogens is 2. The first kappa shape index (κ1) is 18.3. The molecule has 3 nitrogen and oxygen atoms in total. The smallest absolute Gasteiger partial charge is 0.323 e. The lowest BCUT2D eigenvalue weighted by Crippen LogP contribution is -2.16. The van der Waals surface area contributed by atoms with E-state index >= 15 is 0 Å². The Morgan fingerprint density at radius 2 is 1.71 bits per heavy atom. The minimum Gasteiger partial charge on any atom is -0.489 e. The van der Waals surface area contributed by atoms with Crippen LogP contribution in [0, 0.1) is 5.82 Å². The topological polar surface area (TPSA) is 35.5 Å². The maximum absolute atomic E-state index is 12.8. The third-order valence-corrected chi connectivity index (χ3v) is 4.02. The second-order valence-electron chi connectivity index (χ2n) is 5.44. The molecule has 0 aliphatic rings. The summed E-state index contributed by atoms with van der Waals surface area (Å²) in [6, 6.07) is 14.0. The van der Waals surface area contributed by atoms with Crippen LogP contribution >= 0.6 is 11.6 Å². The largest absolute Gasteiger partial charge is 0.489 e. The van der Waals surface area contributed by atoms with Crippen molar-refractivity contribution in [2.24, 2.45) is 0 Å². The molecular weight excluding hydrogens is 331 g/mol. The lowest BCUT2D eigenvalue weighted by molar-refractivity contribution is -0.140. The van der Waals surface area contributed by atoms with Gasteiger partial charge in [0.1, 0.15) is 23.6 Å². The minimum absolute atomic E-state index is 0.255. The number of aryl methyl sites for hydroxylation is 1. The van der Waals surface area contributed by atoms with Crippen LogP contribution in [0.2, 0.25) is 0 Å². The molecule has 1 unspecified atom stereocenters. The Kier molecular flexibility index (Phi) is 7.07. The molecule has 0 bridgehead atoms. The third kappa shape index (κ3) is 5.85. The van der Waals surface area contributed by atoms with E-state index in [4.69, 9.17) is 16.3 Å². The summed E-state index contributed by atoms with van der Waals surface area (Å²) in [5.74, 6) is 0.114. The maximum Gasteiger partial charge on any atom is 0.323 e. The number of carbonyl (C=O) groups excluding carboxylic acids is 1. The van der Waals surface area contributed by atoms with E-state index < -0.39 is 5.38 Å². The number of alkyl halides is 1. The Balaban J connectivity index is 1.76. The number of benzene rings is 2. The van der Waals surface area contributed by atoms with E-state index in [2.05, 4.69) is 4.74 Å². The summed E-state index contributed by atoms with van der Waals surface area (Å²) in [6.45, 7) is 0.396. The van der Waals surface area contributed by atoms with E-state index in [0.717, 1.165) is 29.7 Å². The van der Waals surface area contributed by atoms with E-state index in [-0.39, 0.29) is 11.8 Å². The van der Waals surface area contributed by atoms with E-state index in [1.807, 2.05) is 24.3 Å². The van der Waals surface area contributed by atoms with Gasteiger partial charge in [-0.15, -0.1) is 11.6 Å².